The Morgan fingerprint density at radius 3 is 1.08 bits per heavy atom. The fraction of sp³-hybridized carbons (Fsp3) is 0.500. The molecule has 0 unspecified atom stereocenters. The second-order valence-corrected chi connectivity index (χ2v) is 15.2. The molecule has 0 fully saturated rings. The van der Waals surface area contributed by atoms with Crippen molar-refractivity contribution in [3.8, 4) is 23.0 Å². The van der Waals surface area contributed by atoms with E-state index in [1.165, 1.54) is 14.2 Å². The molecule has 8 heteroatoms. The molecular weight excluding hydrogens is 608 g/mol. The standard InChI is InChI=1S/C40H54O8/c1-37(2,19-11-13-35(45)47-9)27-21-33(43)29(23-31(27)41)39(5,6)25-15-17-26(18-16-25)40(7,8)30-24-32(42)28(22-34(30)44)38(3,4)20-12-14-36(46)48-10/h15-18,21-24,41-44H,11-14,19-20H2,1-10H3. The highest BCUT2D eigenvalue weighted by Gasteiger charge is 2.34. The first-order valence-corrected chi connectivity index (χ1v) is 16.6. The van der Waals surface area contributed by atoms with E-state index < -0.39 is 21.7 Å². The van der Waals surface area contributed by atoms with E-state index in [4.69, 9.17) is 9.47 Å². The Labute approximate surface area is 285 Å². The summed E-state index contributed by atoms with van der Waals surface area (Å²) in [6, 6.07) is 14.4. The number of carbonyl (C=O) groups excluding carboxylic acids is 2. The van der Waals surface area contributed by atoms with E-state index >= 15 is 0 Å². The highest BCUT2D eigenvalue weighted by atomic mass is 16.5. The maximum atomic E-state index is 11.6. The van der Waals surface area contributed by atoms with Crippen LogP contribution in [-0.4, -0.2) is 46.6 Å². The summed E-state index contributed by atoms with van der Waals surface area (Å²) in [4.78, 5) is 23.2. The molecule has 0 saturated carbocycles. The summed E-state index contributed by atoms with van der Waals surface area (Å²) in [5, 5.41) is 44.7. The van der Waals surface area contributed by atoms with E-state index in [9.17, 15) is 30.0 Å². The topological polar surface area (TPSA) is 134 Å². The van der Waals surface area contributed by atoms with Gasteiger partial charge in [-0.2, -0.15) is 0 Å². The van der Waals surface area contributed by atoms with E-state index in [1.54, 1.807) is 24.3 Å². The van der Waals surface area contributed by atoms with Gasteiger partial charge < -0.3 is 29.9 Å². The normalized spacial score (nSPS) is 12.5. The van der Waals surface area contributed by atoms with Gasteiger partial charge in [-0.15, -0.1) is 0 Å². The molecule has 48 heavy (non-hydrogen) atoms. The van der Waals surface area contributed by atoms with Crippen molar-refractivity contribution in [2.75, 3.05) is 14.2 Å². The molecule has 0 amide bonds. The number of rotatable bonds is 14. The predicted molar refractivity (Wildman–Crippen MR) is 188 cm³/mol. The zero-order valence-corrected chi connectivity index (χ0v) is 30.3. The number of aromatic hydroxyl groups is 4. The second-order valence-electron chi connectivity index (χ2n) is 15.2. The summed E-state index contributed by atoms with van der Waals surface area (Å²) >= 11 is 0. The molecule has 0 radical (unpaired) electrons. The van der Waals surface area contributed by atoms with Crippen LogP contribution in [0.4, 0.5) is 0 Å². The quantitative estimate of drug-likeness (QED) is 0.0999. The Morgan fingerprint density at radius 1 is 0.521 bits per heavy atom. The second kappa shape index (κ2) is 14.5. The summed E-state index contributed by atoms with van der Waals surface area (Å²) in [6.07, 6.45) is 3.00. The van der Waals surface area contributed by atoms with Gasteiger partial charge >= 0.3 is 11.9 Å². The van der Waals surface area contributed by atoms with Crippen LogP contribution in [0, 0.1) is 0 Å². The molecular formula is C40H54O8. The van der Waals surface area contributed by atoms with Gasteiger partial charge in [-0.05, 0) is 71.9 Å². The Balaban J connectivity index is 1.88. The third kappa shape index (κ3) is 8.26. The number of carbonyl (C=O) groups is 2. The van der Waals surface area contributed by atoms with Gasteiger partial charge in [0.1, 0.15) is 23.0 Å². The SMILES string of the molecule is COC(=O)CCCC(C)(C)c1cc(O)c(C(C)(C)c2ccc(C(C)(C)c3cc(O)c(C(C)(C)CCCC(=O)OC)cc3O)cc2)cc1O. The van der Waals surface area contributed by atoms with E-state index in [2.05, 4.69) is 0 Å². The van der Waals surface area contributed by atoms with E-state index in [-0.39, 0.29) is 47.8 Å². The van der Waals surface area contributed by atoms with Crippen LogP contribution in [0.25, 0.3) is 0 Å². The molecule has 0 aliphatic rings. The first-order chi connectivity index (χ1) is 22.2. The Morgan fingerprint density at radius 2 is 0.792 bits per heavy atom. The van der Waals surface area contributed by atoms with Gasteiger partial charge in [0.15, 0.2) is 0 Å². The van der Waals surface area contributed by atoms with Gasteiger partial charge in [-0.25, -0.2) is 0 Å². The molecule has 0 bridgehead atoms. The lowest BCUT2D eigenvalue weighted by Crippen LogP contribution is -2.23. The zero-order valence-electron chi connectivity index (χ0n) is 30.3. The monoisotopic (exact) mass is 662 g/mol. The molecule has 0 saturated heterocycles. The minimum atomic E-state index is -0.667. The molecule has 0 spiro atoms. The summed E-state index contributed by atoms with van der Waals surface area (Å²) in [6.45, 7) is 15.8. The van der Waals surface area contributed by atoms with Crippen LogP contribution < -0.4 is 0 Å². The summed E-state index contributed by atoms with van der Waals surface area (Å²) in [7, 11) is 2.73. The number of esters is 2. The molecule has 4 N–H and O–H groups in total. The lowest BCUT2D eigenvalue weighted by molar-refractivity contribution is -0.141. The number of hydrogen-bond donors (Lipinski definition) is 4. The number of ether oxygens (including phenoxy) is 2. The summed E-state index contributed by atoms with van der Waals surface area (Å²) in [5.41, 5.74) is 1.91. The highest BCUT2D eigenvalue weighted by molar-refractivity contribution is 5.69. The molecule has 3 aromatic rings. The number of benzene rings is 3. The fourth-order valence-electron chi connectivity index (χ4n) is 6.68. The van der Waals surface area contributed by atoms with Gasteiger partial charge in [0.25, 0.3) is 0 Å². The van der Waals surface area contributed by atoms with Crippen molar-refractivity contribution >= 4 is 11.9 Å². The molecule has 8 nitrogen and oxygen atoms in total. The molecule has 3 rings (SSSR count). The van der Waals surface area contributed by atoms with Crippen molar-refractivity contribution in [3.63, 3.8) is 0 Å². The Bertz CT molecular complexity index is 1490. The van der Waals surface area contributed by atoms with E-state index in [0.29, 0.717) is 47.9 Å². The lowest BCUT2D eigenvalue weighted by Gasteiger charge is -2.32. The number of phenols is 4. The van der Waals surface area contributed by atoms with Crippen molar-refractivity contribution < 1.29 is 39.5 Å². The average Bonchev–Trinajstić information content (AvgIpc) is 3.02. The van der Waals surface area contributed by atoms with Gasteiger partial charge in [0, 0.05) is 45.9 Å². The van der Waals surface area contributed by atoms with Crippen molar-refractivity contribution in [1.29, 1.82) is 0 Å². The zero-order chi connectivity index (χ0) is 36.2. The van der Waals surface area contributed by atoms with Crippen LogP contribution >= 0.6 is 0 Å². The smallest absolute Gasteiger partial charge is 0.305 e. The number of phenolic OH excluding ortho intramolecular Hbond substituents is 4. The van der Waals surface area contributed by atoms with Crippen LogP contribution in [0.3, 0.4) is 0 Å². The maximum absolute atomic E-state index is 11.6. The molecule has 0 atom stereocenters. The van der Waals surface area contributed by atoms with Crippen LogP contribution in [-0.2, 0) is 40.7 Å². The van der Waals surface area contributed by atoms with Gasteiger partial charge in [0.05, 0.1) is 14.2 Å². The third-order valence-corrected chi connectivity index (χ3v) is 10.2. The number of methoxy groups -OCH3 is 2. The fourth-order valence-corrected chi connectivity index (χ4v) is 6.68. The summed E-state index contributed by atoms with van der Waals surface area (Å²) in [5.74, 6) is -0.230. The Kier molecular flexibility index (Phi) is 11.6. The molecule has 3 aromatic carbocycles. The van der Waals surface area contributed by atoms with Gasteiger partial charge in [-0.3, -0.25) is 9.59 Å². The van der Waals surface area contributed by atoms with Crippen LogP contribution in [0.1, 0.15) is 127 Å². The van der Waals surface area contributed by atoms with Gasteiger partial charge in [0.2, 0.25) is 0 Å². The molecule has 0 aromatic heterocycles. The first-order valence-electron chi connectivity index (χ1n) is 16.6. The molecule has 0 aliphatic heterocycles. The first kappa shape index (κ1) is 38.2. The third-order valence-electron chi connectivity index (χ3n) is 10.2. The largest absolute Gasteiger partial charge is 0.508 e. The molecule has 262 valence electrons. The maximum Gasteiger partial charge on any atom is 0.305 e. The minimum absolute atomic E-state index is 0.0759. The van der Waals surface area contributed by atoms with Crippen molar-refractivity contribution in [1.82, 2.24) is 0 Å². The number of hydrogen-bond acceptors (Lipinski definition) is 8. The van der Waals surface area contributed by atoms with Crippen molar-refractivity contribution in [3.05, 3.63) is 81.9 Å². The van der Waals surface area contributed by atoms with Crippen molar-refractivity contribution in [2.45, 2.75) is 116 Å². The van der Waals surface area contributed by atoms with E-state index in [0.717, 1.165) is 11.1 Å². The van der Waals surface area contributed by atoms with Crippen LogP contribution in [0.2, 0.25) is 0 Å². The molecule has 0 heterocycles. The van der Waals surface area contributed by atoms with Crippen LogP contribution in [0.15, 0.2) is 48.5 Å². The predicted octanol–water partition coefficient (Wildman–Crippen LogP) is 8.40. The summed E-state index contributed by atoms with van der Waals surface area (Å²) < 4.78 is 9.48. The van der Waals surface area contributed by atoms with Gasteiger partial charge in [-0.1, -0.05) is 79.7 Å². The van der Waals surface area contributed by atoms with Crippen LogP contribution in [0.5, 0.6) is 23.0 Å². The molecule has 0 aliphatic carbocycles. The van der Waals surface area contributed by atoms with E-state index in [1.807, 2.05) is 79.7 Å². The average molecular weight is 663 g/mol. The van der Waals surface area contributed by atoms with Crippen molar-refractivity contribution in [2.24, 2.45) is 0 Å². The Hall–Kier alpha value is -4.20. The lowest BCUT2D eigenvalue weighted by atomic mass is 9.72. The highest BCUT2D eigenvalue weighted by Crippen LogP contribution is 2.47. The minimum Gasteiger partial charge on any atom is -0.508 e.